The minimum absolute atomic E-state index is 0.632. The summed E-state index contributed by atoms with van der Waals surface area (Å²) in [5, 5.41) is 8.19. The van der Waals surface area contributed by atoms with E-state index in [-0.39, 0.29) is 0 Å². The lowest BCUT2D eigenvalue weighted by molar-refractivity contribution is 0.108. The summed E-state index contributed by atoms with van der Waals surface area (Å²) in [4.78, 5) is 2.64. The van der Waals surface area contributed by atoms with Crippen LogP contribution in [0.3, 0.4) is 0 Å². The highest BCUT2D eigenvalue weighted by Crippen LogP contribution is 2.18. The van der Waals surface area contributed by atoms with Crippen molar-refractivity contribution in [2.45, 2.75) is 59.2 Å². The summed E-state index contributed by atoms with van der Waals surface area (Å²) >= 11 is 0. The molecular formula is C16H30N4. The second-order valence-electron chi connectivity index (χ2n) is 6.63. The highest BCUT2D eigenvalue weighted by molar-refractivity contribution is 5.09. The molecule has 2 unspecified atom stereocenters. The molecule has 0 radical (unpaired) electrons. The smallest absolute Gasteiger partial charge is 0.0597 e. The van der Waals surface area contributed by atoms with Crippen molar-refractivity contribution in [1.29, 1.82) is 0 Å². The lowest BCUT2D eigenvalue weighted by Gasteiger charge is -2.40. The third-order valence-electron chi connectivity index (χ3n) is 4.30. The van der Waals surface area contributed by atoms with Gasteiger partial charge in [0.25, 0.3) is 0 Å². The van der Waals surface area contributed by atoms with Crippen LogP contribution in [0.5, 0.6) is 0 Å². The summed E-state index contributed by atoms with van der Waals surface area (Å²) in [6, 6.07) is 3.49. The van der Waals surface area contributed by atoms with E-state index in [1.54, 1.807) is 0 Å². The van der Waals surface area contributed by atoms with E-state index in [0.717, 1.165) is 31.2 Å². The van der Waals surface area contributed by atoms with Gasteiger partial charge in [-0.2, -0.15) is 5.10 Å². The van der Waals surface area contributed by atoms with Gasteiger partial charge in [0.15, 0.2) is 0 Å². The Morgan fingerprint density at radius 3 is 2.75 bits per heavy atom. The zero-order valence-electron chi connectivity index (χ0n) is 13.7. The van der Waals surface area contributed by atoms with Gasteiger partial charge < -0.3 is 5.32 Å². The van der Waals surface area contributed by atoms with Gasteiger partial charge in [-0.3, -0.25) is 9.58 Å². The summed E-state index contributed by atoms with van der Waals surface area (Å²) in [7, 11) is 2.05. The largest absolute Gasteiger partial charge is 0.311 e. The fourth-order valence-corrected chi connectivity index (χ4v) is 3.27. The van der Waals surface area contributed by atoms with E-state index < -0.39 is 0 Å². The second-order valence-corrected chi connectivity index (χ2v) is 6.63. The van der Waals surface area contributed by atoms with E-state index in [2.05, 4.69) is 56.1 Å². The quantitative estimate of drug-likeness (QED) is 0.897. The first kappa shape index (κ1) is 15.5. The molecule has 4 heteroatoms. The van der Waals surface area contributed by atoms with Crippen LogP contribution in [0.4, 0.5) is 0 Å². The van der Waals surface area contributed by atoms with Crippen molar-refractivity contribution < 1.29 is 0 Å². The average molecular weight is 278 g/mol. The Kier molecular flexibility index (Phi) is 5.22. The predicted octanol–water partition coefficient (Wildman–Crippen LogP) is 2.33. The summed E-state index contributed by atoms with van der Waals surface area (Å²) in [6.07, 6.45) is 2.47. The Bertz CT molecular complexity index is 424. The van der Waals surface area contributed by atoms with Gasteiger partial charge >= 0.3 is 0 Å². The first-order valence-electron chi connectivity index (χ1n) is 7.96. The normalized spacial score (nSPS) is 24.5. The van der Waals surface area contributed by atoms with Gasteiger partial charge in [-0.05, 0) is 31.7 Å². The number of nitrogens with zero attached hydrogens (tertiary/aromatic N) is 3. The van der Waals surface area contributed by atoms with E-state index in [4.69, 9.17) is 0 Å². The molecule has 0 amide bonds. The van der Waals surface area contributed by atoms with Gasteiger partial charge in [-0.15, -0.1) is 0 Å². The molecule has 2 atom stereocenters. The van der Waals surface area contributed by atoms with Crippen LogP contribution in [-0.2, 0) is 13.6 Å². The Hall–Kier alpha value is -0.870. The summed E-state index contributed by atoms with van der Waals surface area (Å²) in [6.45, 7) is 12.3. The monoisotopic (exact) mass is 278 g/mol. The molecular weight excluding hydrogens is 248 g/mol. The van der Waals surface area contributed by atoms with E-state index >= 15 is 0 Å². The van der Waals surface area contributed by atoms with Crippen LogP contribution in [-0.4, -0.2) is 39.9 Å². The van der Waals surface area contributed by atoms with Crippen molar-refractivity contribution in [2.75, 3.05) is 13.1 Å². The molecule has 0 aromatic carbocycles. The molecule has 0 saturated carbocycles. The molecule has 1 N–H and O–H groups in total. The van der Waals surface area contributed by atoms with Crippen molar-refractivity contribution in [1.82, 2.24) is 20.0 Å². The molecule has 0 bridgehead atoms. The molecule has 1 aliphatic heterocycles. The molecule has 1 aromatic heterocycles. The topological polar surface area (TPSA) is 33.1 Å². The van der Waals surface area contributed by atoms with Gasteiger partial charge in [0, 0.05) is 38.8 Å². The Morgan fingerprint density at radius 1 is 1.45 bits per heavy atom. The molecule has 2 heterocycles. The molecule has 114 valence electrons. The first-order valence-corrected chi connectivity index (χ1v) is 7.96. The number of rotatable bonds is 5. The van der Waals surface area contributed by atoms with Crippen molar-refractivity contribution in [2.24, 2.45) is 13.0 Å². The van der Waals surface area contributed by atoms with Crippen LogP contribution in [0.25, 0.3) is 0 Å². The van der Waals surface area contributed by atoms with Crippen LogP contribution in [0, 0.1) is 12.8 Å². The van der Waals surface area contributed by atoms with E-state index in [0.29, 0.717) is 12.1 Å². The van der Waals surface area contributed by atoms with Gasteiger partial charge in [0.05, 0.1) is 11.4 Å². The zero-order chi connectivity index (χ0) is 14.7. The number of hydrogen-bond acceptors (Lipinski definition) is 3. The third-order valence-corrected chi connectivity index (χ3v) is 4.30. The number of aryl methyl sites for hydroxylation is 2. The third kappa shape index (κ3) is 3.83. The SMILES string of the molecule is CCC1CNC(CC(C)C)CN1Cc1cc(C)nn1C. The van der Waals surface area contributed by atoms with E-state index in [9.17, 15) is 0 Å². The Balaban J connectivity index is 2.03. The molecule has 2 rings (SSSR count). The highest BCUT2D eigenvalue weighted by Gasteiger charge is 2.27. The summed E-state index contributed by atoms with van der Waals surface area (Å²) in [5.74, 6) is 0.756. The first-order chi connectivity index (χ1) is 9.49. The van der Waals surface area contributed by atoms with E-state index in [1.807, 2.05) is 4.68 Å². The summed E-state index contributed by atoms with van der Waals surface area (Å²) < 4.78 is 2.03. The molecule has 1 saturated heterocycles. The van der Waals surface area contributed by atoms with Gasteiger partial charge in [-0.25, -0.2) is 0 Å². The molecule has 1 fully saturated rings. The molecule has 1 aromatic rings. The number of piperazine rings is 1. The van der Waals surface area contributed by atoms with Crippen LogP contribution < -0.4 is 5.32 Å². The van der Waals surface area contributed by atoms with Crippen molar-refractivity contribution in [3.05, 3.63) is 17.5 Å². The van der Waals surface area contributed by atoms with Crippen molar-refractivity contribution in [3.63, 3.8) is 0 Å². The predicted molar refractivity (Wildman–Crippen MR) is 83.7 cm³/mol. The minimum atomic E-state index is 0.632. The van der Waals surface area contributed by atoms with Crippen LogP contribution in [0.2, 0.25) is 0 Å². The van der Waals surface area contributed by atoms with Gasteiger partial charge in [0.1, 0.15) is 0 Å². The Labute approximate surface area is 123 Å². The van der Waals surface area contributed by atoms with Gasteiger partial charge in [-0.1, -0.05) is 20.8 Å². The number of aromatic nitrogens is 2. The zero-order valence-corrected chi connectivity index (χ0v) is 13.7. The standard InChI is InChI=1S/C16H30N4/c1-6-15-9-17-14(7-12(2)3)10-20(15)11-16-8-13(4)18-19(16)5/h8,12,14-15,17H,6-7,9-11H2,1-5H3. The summed E-state index contributed by atoms with van der Waals surface area (Å²) in [5.41, 5.74) is 2.44. The second kappa shape index (κ2) is 6.72. The maximum atomic E-state index is 4.47. The molecule has 1 aliphatic rings. The minimum Gasteiger partial charge on any atom is -0.311 e. The van der Waals surface area contributed by atoms with Crippen LogP contribution in [0.1, 0.15) is 45.0 Å². The molecule has 4 nitrogen and oxygen atoms in total. The lowest BCUT2D eigenvalue weighted by atomic mass is 9.99. The maximum absolute atomic E-state index is 4.47. The fourth-order valence-electron chi connectivity index (χ4n) is 3.27. The highest BCUT2D eigenvalue weighted by atomic mass is 15.3. The fraction of sp³-hybridized carbons (Fsp3) is 0.812. The van der Waals surface area contributed by atoms with E-state index in [1.165, 1.54) is 18.5 Å². The number of hydrogen-bond donors (Lipinski definition) is 1. The van der Waals surface area contributed by atoms with Crippen LogP contribution in [0.15, 0.2) is 6.07 Å². The Morgan fingerprint density at radius 2 is 2.20 bits per heavy atom. The molecule has 20 heavy (non-hydrogen) atoms. The molecule has 0 spiro atoms. The average Bonchev–Trinajstić information content (AvgIpc) is 2.67. The maximum Gasteiger partial charge on any atom is 0.0597 e. The molecule has 0 aliphatic carbocycles. The van der Waals surface area contributed by atoms with Crippen LogP contribution >= 0.6 is 0 Å². The number of nitrogens with one attached hydrogen (secondary N) is 1. The van der Waals surface area contributed by atoms with Crippen molar-refractivity contribution >= 4 is 0 Å². The lowest BCUT2D eigenvalue weighted by Crippen LogP contribution is -2.56. The van der Waals surface area contributed by atoms with Crippen molar-refractivity contribution in [3.8, 4) is 0 Å². The van der Waals surface area contributed by atoms with Gasteiger partial charge in [0.2, 0.25) is 0 Å².